The molecule has 0 aromatic heterocycles. The second kappa shape index (κ2) is 7.34. The van der Waals surface area contributed by atoms with Crippen molar-refractivity contribution in [2.24, 2.45) is 11.8 Å². The standard InChI is InChI=1S/C20H28N2O3/c23-20(24)14-25-19-7-4-15(5-8-19)9-21-10-17-3-6-18(13-21)22(12-17)11-16-1-2-16/h4-5,7-8,16-18H,1-3,6,9-14H2,(H,23,24)/t17-,18+/m0/s1. The summed E-state index contributed by atoms with van der Waals surface area (Å²) in [4.78, 5) is 15.9. The molecule has 5 nitrogen and oxygen atoms in total. The topological polar surface area (TPSA) is 53.0 Å². The number of hydrogen-bond acceptors (Lipinski definition) is 4. The Kier molecular flexibility index (Phi) is 4.95. The fourth-order valence-electron chi connectivity index (χ4n) is 4.36. The molecule has 0 unspecified atom stereocenters. The molecule has 3 saturated heterocycles. The van der Waals surface area contributed by atoms with Gasteiger partial charge in [-0.25, -0.2) is 4.79 Å². The predicted molar refractivity (Wildman–Crippen MR) is 95.7 cm³/mol. The van der Waals surface area contributed by atoms with E-state index in [4.69, 9.17) is 9.84 Å². The lowest BCUT2D eigenvalue weighted by molar-refractivity contribution is -0.139. The molecule has 5 rings (SSSR count). The second-order valence-corrected chi connectivity index (χ2v) is 8.01. The number of piperidine rings is 1. The van der Waals surface area contributed by atoms with Gasteiger partial charge in [0.2, 0.25) is 0 Å². The third-order valence-corrected chi connectivity index (χ3v) is 5.78. The van der Waals surface area contributed by atoms with Gasteiger partial charge < -0.3 is 9.84 Å². The van der Waals surface area contributed by atoms with E-state index in [1.54, 1.807) is 0 Å². The van der Waals surface area contributed by atoms with Crippen molar-refractivity contribution in [3.05, 3.63) is 29.8 Å². The van der Waals surface area contributed by atoms with Crippen LogP contribution in [0.5, 0.6) is 5.75 Å². The Balaban J connectivity index is 1.33. The molecule has 1 aromatic rings. The summed E-state index contributed by atoms with van der Waals surface area (Å²) in [7, 11) is 0. The number of carbonyl (C=O) groups is 1. The van der Waals surface area contributed by atoms with Gasteiger partial charge in [-0.1, -0.05) is 12.1 Å². The number of aliphatic carboxylic acids is 1. The molecule has 0 radical (unpaired) electrons. The number of carboxylic acid groups (broad SMARTS) is 1. The lowest BCUT2D eigenvalue weighted by atomic mass is 9.95. The van der Waals surface area contributed by atoms with Gasteiger partial charge in [0.15, 0.2) is 6.61 Å². The number of nitrogens with zero attached hydrogens (tertiary/aromatic N) is 2. The first-order valence-corrected chi connectivity index (χ1v) is 9.55. The highest BCUT2D eigenvalue weighted by Crippen LogP contribution is 2.35. The largest absolute Gasteiger partial charge is 0.482 e. The van der Waals surface area contributed by atoms with E-state index >= 15 is 0 Å². The van der Waals surface area contributed by atoms with Gasteiger partial charge >= 0.3 is 5.97 Å². The van der Waals surface area contributed by atoms with Gasteiger partial charge in [0.1, 0.15) is 5.75 Å². The van der Waals surface area contributed by atoms with E-state index < -0.39 is 5.97 Å². The average molecular weight is 344 g/mol. The summed E-state index contributed by atoms with van der Waals surface area (Å²) in [5, 5.41) is 8.67. The van der Waals surface area contributed by atoms with Crippen LogP contribution in [0.1, 0.15) is 31.2 Å². The van der Waals surface area contributed by atoms with Crippen LogP contribution in [0.15, 0.2) is 24.3 Å². The molecule has 25 heavy (non-hydrogen) atoms. The summed E-state index contributed by atoms with van der Waals surface area (Å²) in [6.45, 7) is 5.69. The smallest absolute Gasteiger partial charge is 0.341 e. The molecule has 0 amide bonds. The normalized spacial score (nSPS) is 27.2. The number of hydrogen-bond donors (Lipinski definition) is 1. The molecule has 4 aliphatic rings. The van der Waals surface area contributed by atoms with Crippen molar-refractivity contribution in [3.8, 4) is 5.75 Å². The van der Waals surface area contributed by atoms with Gasteiger partial charge in [0, 0.05) is 38.8 Å². The summed E-state index contributed by atoms with van der Waals surface area (Å²) >= 11 is 0. The third kappa shape index (κ3) is 4.53. The number of rotatable bonds is 7. The van der Waals surface area contributed by atoms with Crippen molar-refractivity contribution < 1.29 is 14.6 Å². The zero-order valence-corrected chi connectivity index (χ0v) is 14.8. The van der Waals surface area contributed by atoms with Crippen molar-refractivity contribution in [1.29, 1.82) is 0 Å². The Bertz CT molecular complexity index is 599. The highest BCUT2D eigenvalue weighted by Gasteiger charge is 2.37. The summed E-state index contributed by atoms with van der Waals surface area (Å²) in [6.07, 6.45) is 5.61. The number of ether oxygens (including phenoxy) is 1. The van der Waals surface area contributed by atoms with E-state index in [1.165, 1.54) is 57.4 Å². The molecule has 2 bridgehead atoms. The van der Waals surface area contributed by atoms with Crippen molar-refractivity contribution >= 4 is 5.97 Å². The molecule has 4 fully saturated rings. The Labute approximate surface area is 149 Å². The minimum atomic E-state index is -0.945. The Hall–Kier alpha value is -1.59. The minimum Gasteiger partial charge on any atom is -0.482 e. The van der Waals surface area contributed by atoms with E-state index in [1.807, 2.05) is 12.1 Å². The maximum absolute atomic E-state index is 10.6. The predicted octanol–water partition coefficient (Wildman–Crippen LogP) is 2.46. The molecule has 1 aromatic carbocycles. The lowest BCUT2D eigenvalue weighted by Crippen LogP contribution is -2.44. The van der Waals surface area contributed by atoms with Crippen LogP contribution >= 0.6 is 0 Å². The summed E-state index contributed by atoms with van der Waals surface area (Å²) in [5.41, 5.74) is 1.28. The van der Waals surface area contributed by atoms with E-state index in [0.29, 0.717) is 5.75 Å². The summed E-state index contributed by atoms with van der Waals surface area (Å²) < 4.78 is 5.21. The molecular formula is C20H28N2O3. The maximum atomic E-state index is 10.6. The van der Waals surface area contributed by atoms with Gasteiger partial charge in [-0.15, -0.1) is 0 Å². The van der Waals surface area contributed by atoms with Gasteiger partial charge in [0.05, 0.1) is 0 Å². The van der Waals surface area contributed by atoms with Crippen molar-refractivity contribution in [2.75, 3.05) is 32.8 Å². The van der Waals surface area contributed by atoms with E-state index in [9.17, 15) is 4.79 Å². The zero-order chi connectivity index (χ0) is 17.2. The molecule has 0 spiro atoms. The SMILES string of the molecule is O=C(O)COc1ccc(CN2C[C@@H]3CC[C@H](C2)N(CC2CC2)C3)cc1. The van der Waals surface area contributed by atoms with E-state index in [2.05, 4.69) is 21.9 Å². The van der Waals surface area contributed by atoms with Crippen LogP contribution in [-0.2, 0) is 11.3 Å². The molecule has 136 valence electrons. The Morgan fingerprint density at radius 3 is 2.60 bits per heavy atom. The number of fused-ring (bicyclic) bond motifs is 4. The fourth-order valence-corrected chi connectivity index (χ4v) is 4.36. The molecule has 3 heterocycles. The van der Waals surface area contributed by atoms with Crippen LogP contribution in [0.4, 0.5) is 0 Å². The first-order valence-electron chi connectivity index (χ1n) is 9.55. The van der Waals surface area contributed by atoms with Crippen molar-refractivity contribution in [1.82, 2.24) is 9.80 Å². The van der Waals surface area contributed by atoms with Crippen LogP contribution in [-0.4, -0.2) is 59.7 Å². The Morgan fingerprint density at radius 2 is 1.88 bits per heavy atom. The summed E-state index contributed by atoms with van der Waals surface area (Å²) in [5.74, 6) is 1.47. The first kappa shape index (κ1) is 16.9. The van der Waals surface area contributed by atoms with Crippen LogP contribution in [0.25, 0.3) is 0 Å². The molecule has 1 saturated carbocycles. The second-order valence-electron chi connectivity index (χ2n) is 8.01. The molecule has 5 heteroatoms. The van der Waals surface area contributed by atoms with Crippen molar-refractivity contribution in [2.45, 2.75) is 38.3 Å². The van der Waals surface area contributed by atoms with Gasteiger partial charge in [0.25, 0.3) is 0 Å². The molecule has 3 aliphatic heterocycles. The van der Waals surface area contributed by atoms with E-state index in [-0.39, 0.29) is 6.61 Å². The van der Waals surface area contributed by atoms with Crippen LogP contribution in [0.3, 0.4) is 0 Å². The molecular weight excluding hydrogens is 316 g/mol. The molecule has 1 aliphatic carbocycles. The first-order chi connectivity index (χ1) is 12.2. The molecule has 2 atom stereocenters. The highest BCUT2D eigenvalue weighted by atomic mass is 16.5. The quantitative estimate of drug-likeness (QED) is 0.823. The molecule has 1 N–H and O–H groups in total. The van der Waals surface area contributed by atoms with Gasteiger partial charge in [-0.3, -0.25) is 9.80 Å². The third-order valence-electron chi connectivity index (χ3n) is 5.78. The van der Waals surface area contributed by atoms with Crippen LogP contribution in [0.2, 0.25) is 0 Å². The fraction of sp³-hybridized carbons (Fsp3) is 0.650. The van der Waals surface area contributed by atoms with Crippen LogP contribution in [0, 0.1) is 11.8 Å². The van der Waals surface area contributed by atoms with E-state index in [0.717, 1.165) is 24.4 Å². The minimum absolute atomic E-state index is 0.286. The number of benzene rings is 1. The van der Waals surface area contributed by atoms with Crippen molar-refractivity contribution in [3.63, 3.8) is 0 Å². The Morgan fingerprint density at radius 1 is 1.08 bits per heavy atom. The van der Waals surface area contributed by atoms with Crippen LogP contribution < -0.4 is 4.74 Å². The highest BCUT2D eigenvalue weighted by molar-refractivity contribution is 5.68. The van der Waals surface area contributed by atoms with Gasteiger partial charge in [-0.2, -0.15) is 0 Å². The van der Waals surface area contributed by atoms with Gasteiger partial charge in [-0.05, 0) is 55.2 Å². The number of carboxylic acids is 1. The zero-order valence-electron chi connectivity index (χ0n) is 14.8. The lowest BCUT2D eigenvalue weighted by Gasteiger charge is -2.36. The monoisotopic (exact) mass is 344 g/mol. The maximum Gasteiger partial charge on any atom is 0.341 e. The summed E-state index contributed by atoms with van der Waals surface area (Å²) in [6, 6.07) is 8.61. The average Bonchev–Trinajstić information content (AvgIpc) is 3.42.